The van der Waals surface area contributed by atoms with Gasteiger partial charge in [-0.1, -0.05) is 36.9 Å². The van der Waals surface area contributed by atoms with Crippen molar-refractivity contribution in [2.45, 2.75) is 38.0 Å². The highest BCUT2D eigenvalue weighted by Crippen LogP contribution is 2.25. The second-order valence-corrected chi connectivity index (χ2v) is 6.95. The Bertz CT molecular complexity index is 561. The lowest BCUT2D eigenvalue weighted by Gasteiger charge is -2.09. The molecule has 134 valence electrons. The Morgan fingerprint density at radius 3 is 2.54 bits per heavy atom. The monoisotopic (exact) mass is 374 g/mol. The van der Waals surface area contributed by atoms with Crippen molar-refractivity contribution in [3.05, 3.63) is 0 Å². The third kappa shape index (κ3) is 7.26. The first-order valence-corrected chi connectivity index (χ1v) is 9.49. The summed E-state index contributed by atoms with van der Waals surface area (Å²) in [6.07, 6.45) is 1.53. The lowest BCUT2D eigenvalue weighted by Crippen LogP contribution is -2.31. The number of ether oxygens (including phenoxy) is 1. The van der Waals surface area contributed by atoms with Gasteiger partial charge in [0.05, 0.1) is 12.4 Å². The number of thioether (sulfide) groups is 1. The van der Waals surface area contributed by atoms with Gasteiger partial charge in [0, 0.05) is 5.92 Å². The van der Waals surface area contributed by atoms with Crippen molar-refractivity contribution < 1.29 is 19.1 Å². The van der Waals surface area contributed by atoms with Crippen molar-refractivity contribution in [1.29, 1.82) is 0 Å². The summed E-state index contributed by atoms with van der Waals surface area (Å²) in [4.78, 5) is 34.7. The zero-order valence-electron chi connectivity index (χ0n) is 14.0. The highest BCUT2D eigenvalue weighted by atomic mass is 32.2. The predicted octanol–water partition coefficient (Wildman–Crippen LogP) is 1.68. The molecule has 1 rings (SSSR count). The van der Waals surface area contributed by atoms with Crippen LogP contribution in [-0.4, -0.2) is 46.9 Å². The van der Waals surface area contributed by atoms with Gasteiger partial charge in [0.2, 0.25) is 16.9 Å². The maximum absolute atomic E-state index is 12.0. The van der Waals surface area contributed by atoms with E-state index in [1.807, 2.05) is 13.8 Å². The van der Waals surface area contributed by atoms with Crippen LogP contribution in [0.5, 0.6) is 0 Å². The third-order valence-electron chi connectivity index (χ3n) is 3.05. The molecule has 0 unspecified atom stereocenters. The number of nitrogens with one attached hydrogen (secondary N) is 2. The lowest BCUT2D eigenvalue weighted by molar-refractivity contribution is -0.143. The second kappa shape index (κ2) is 11.0. The van der Waals surface area contributed by atoms with E-state index in [1.54, 1.807) is 6.92 Å². The summed E-state index contributed by atoms with van der Waals surface area (Å²) in [6, 6.07) is 0. The Hall–Kier alpha value is -1.68. The minimum Gasteiger partial charge on any atom is -0.465 e. The van der Waals surface area contributed by atoms with Gasteiger partial charge in [0.25, 0.3) is 0 Å². The number of aromatic nitrogens is 2. The number of amides is 2. The van der Waals surface area contributed by atoms with E-state index in [0.29, 0.717) is 9.47 Å². The quantitative estimate of drug-likeness (QED) is 0.364. The van der Waals surface area contributed by atoms with Crippen LogP contribution in [0.1, 0.15) is 33.6 Å². The number of esters is 1. The fourth-order valence-electron chi connectivity index (χ4n) is 1.75. The van der Waals surface area contributed by atoms with Crippen molar-refractivity contribution in [3.63, 3.8) is 0 Å². The standard InChI is InChI=1S/C14H22N4O4S2/c1-4-9(5-2)12(21)16-13-17-18-14(24-13)23-8-10(19)15-7-11(20)22-6-3/h9H,4-8H2,1-3H3,(H,15,19)(H,16,17,21). The van der Waals surface area contributed by atoms with Gasteiger partial charge >= 0.3 is 5.97 Å². The van der Waals surface area contributed by atoms with Crippen LogP contribution in [-0.2, 0) is 19.1 Å². The first kappa shape index (κ1) is 20.4. The molecule has 2 amide bonds. The molecule has 0 aromatic carbocycles. The van der Waals surface area contributed by atoms with E-state index in [9.17, 15) is 14.4 Å². The van der Waals surface area contributed by atoms with E-state index in [0.717, 1.165) is 12.8 Å². The van der Waals surface area contributed by atoms with Gasteiger partial charge in [-0.15, -0.1) is 10.2 Å². The molecular formula is C14H22N4O4S2. The molecule has 2 N–H and O–H groups in total. The largest absolute Gasteiger partial charge is 0.465 e. The zero-order valence-corrected chi connectivity index (χ0v) is 15.6. The number of nitrogens with zero attached hydrogens (tertiary/aromatic N) is 2. The summed E-state index contributed by atoms with van der Waals surface area (Å²) in [5.74, 6) is -0.781. The molecule has 0 bridgehead atoms. The molecule has 0 aliphatic carbocycles. The van der Waals surface area contributed by atoms with Crippen LogP contribution in [0.25, 0.3) is 0 Å². The van der Waals surface area contributed by atoms with Crippen LogP contribution in [0.4, 0.5) is 5.13 Å². The second-order valence-electron chi connectivity index (χ2n) is 4.75. The summed E-state index contributed by atoms with van der Waals surface area (Å²) in [5.41, 5.74) is 0. The molecule has 24 heavy (non-hydrogen) atoms. The number of hydrogen-bond acceptors (Lipinski definition) is 8. The number of carbonyl (C=O) groups excluding carboxylic acids is 3. The van der Waals surface area contributed by atoms with Crippen molar-refractivity contribution in [1.82, 2.24) is 15.5 Å². The molecule has 10 heteroatoms. The fraction of sp³-hybridized carbons (Fsp3) is 0.643. The van der Waals surface area contributed by atoms with Gasteiger partial charge in [-0.3, -0.25) is 14.4 Å². The van der Waals surface area contributed by atoms with Crippen LogP contribution in [0.3, 0.4) is 0 Å². The summed E-state index contributed by atoms with van der Waals surface area (Å²) in [7, 11) is 0. The van der Waals surface area contributed by atoms with E-state index in [2.05, 4.69) is 20.8 Å². The molecule has 0 spiro atoms. The summed E-state index contributed by atoms with van der Waals surface area (Å²) in [6.45, 7) is 5.75. The predicted molar refractivity (Wildman–Crippen MR) is 93.0 cm³/mol. The SMILES string of the molecule is CCOC(=O)CNC(=O)CSc1nnc(NC(=O)C(CC)CC)s1. The Balaban J connectivity index is 2.37. The number of rotatable bonds is 10. The van der Waals surface area contributed by atoms with Crippen LogP contribution in [0.2, 0.25) is 0 Å². The fourth-order valence-corrected chi connectivity index (χ4v) is 3.33. The van der Waals surface area contributed by atoms with Crippen LogP contribution in [0.15, 0.2) is 4.34 Å². The van der Waals surface area contributed by atoms with E-state index in [4.69, 9.17) is 4.74 Å². The molecule has 1 aromatic rings. The van der Waals surface area contributed by atoms with E-state index in [1.165, 1.54) is 23.1 Å². The molecule has 0 aliphatic rings. The Morgan fingerprint density at radius 2 is 1.92 bits per heavy atom. The molecule has 8 nitrogen and oxygen atoms in total. The molecule has 0 saturated carbocycles. The van der Waals surface area contributed by atoms with Crippen LogP contribution >= 0.6 is 23.1 Å². The molecule has 0 fully saturated rings. The molecule has 0 atom stereocenters. The van der Waals surface area contributed by atoms with E-state index >= 15 is 0 Å². The smallest absolute Gasteiger partial charge is 0.325 e. The third-order valence-corrected chi connectivity index (χ3v) is 5.03. The van der Waals surface area contributed by atoms with Gasteiger partial charge in [0.1, 0.15) is 6.54 Å². The first-order valence-electron chi connectivity index (χ1n) is 7.69. The average molecular weight is 374 g/mol. The summed E-state index contributed by atoms with van der Waals surface area (Å²) < 4.78 is 5.28. The summed E-state index contributed by atoms with van der Waals surface area (Å²) in [5, 5.41) is 13.4. The van der Waals surface area contributed by atoms with E-state index < -0.39 is 5.97 Å². The van der Waals surface area contributed by atoms with Gasteiger partial charge in [0.15, 0.2) is 4.34 Å². The average Bonchev–Trinajstić information content (AvgIpc) is 3.00. The highest BCUT2D eigenvalue weighted by Gasteiger charge is 2.16. The lowest BCUT2D eigenvalue weighted by atomic mass is 10.0. The molecule has 1 aromatic heterocycles. The van der Waals surface area contributed by atoms with Gasteiger partial charge < -0.3 is 15.4 Å². The molecule has 0 aliphatic heterocycles. The molecule has 0 saturated heterocycles. The molecule has 1 heterocycles. The summed E-state index contributed by atoms with van der Waals surface area (Å²) >= 11 is 2.40. The minimum atomic E-state index is -0.474. The molecular weight excluding hydrogens is 352 g/mol. The number of carbonyl (C=O) groups is 3. The number of anilines is 1. The Labute approximate surface area is 149 Å². The number of hydrogen-bond donors (Lipinski definition) is 2. The van der Waals surface area contributed by atoms with Crippen LogP contribution < -0.4 is 10.6 Å². The normalized spacial score (nSPS) is 10.5. The van der Waals surface area contributed by atoms with Crippen molar-refractivity contribution >= 4 is 46.0 Å². The maximum Gasteiger partial charge on any atom is 0.325 e. The topological polar surface area (TPSA) is 110 Å². The Morgan fingerprint density at radius 1 is 1.21 bits per heavy atom. The highest BCUT2D eigenvalue weighted by molar-refractivity contribution is 8.01. The maximum atomic E-state index is 12.0. The van der Waals surface area contributed by atoms with E-state index in [-0.39, 0.29) is 36.6 Å². The van der Waals surface area contributed by atoms with Gasteiger partial charge in [-0.25, -0.2) is 0 Å². The Kier molecular flexibility index (Phi) is 9.31. The molecule has 0 radical (unpaired) electrons. The van der Waals surface area contributed by atoms with Crippen molar-refractivity contribution in [2.75, 3.05) is 24.2 Å². The van der Waals surface area contributed by atoms with Crippen LogP contribution in [0, 0.1) is 5.92 Å². The van der Waals surface area contributed by atoms with Crippen molar-refractivity contribution in [3.8, 4) is 0 Å². The van der Waals surface area contributed by atoms with Gasteiger partial charge in [-0.2, -0.15) is 0 Å². The zero-order chi connectivity index (χ0) is 17.9. The van der Waals surface area contributed by atoms with Crippen molar-refractivity contribution in [2.24, 2.45) is 5.92 Å². The minimum absolute atomic E-state index is 0.0429. The first-order chi connectivity index (χ1) is 11.5. The van der Waals surface area contributed by atoms with Gasteiger partial charge in [-0.05, 0) is 19.8 Å².